The lowest BCUT2D eigenvalue weighted by atomic mass is 10.1. The fourth-order valence-corrected chi connectivity index (χ4v) is 1.75. The molecule has 0 aliphatic heterocycles. The molecule has 0 spiro atoms. The van der Waals surface area contributed by atoms with Crippen molar-refractivity contribution in [3.63, 3.8) is 0 Å². The van der Waals surface area contributed by atoms with Crippen molar-refractivity contribution in [2.24, 2.45) is 0 Å². The molecule has 1 unspecified atom stereocenters. The van der Waals surface area contributed by atoms with E-state index < -0.39 is 11.0 Å². The molecular weight excluding hydrogens is 266 g/mol. The van der Waals surface area contributed by atoms with Crippen LogP contribution in [0.3, 0.4) is 0 Å². The van der Waals surface area contributed by atoms with Crippen LogP contribution in [0.25, 0.3) is 12.2 Å². The Hall–Kier alpha value is -2.72. The van der Waals surface area contributed by atoms with Crippen LogP contribution in [-0.2, 0) is 0 Å². The molecule has 2 rings (SSSR count). The van der Waals surface area contributed by atoms with E-state index in [0.717, 1.165) is 11.1 Å². The summed E-state index contributed by atoms with van der Waals surface area (Å²) in [6.07, 6.45) is 6.16. The third kappa shape index (κ3) is 4.71. The van der Waals surface area contributed by atoms with E-state index in [1.165, 1.54) is 12.1 Å². The van der Waals surface area contributed by atoms with Crippen LogP contribution in [0, 0.1) is 10.1 Å². The summed E-state index contributed by atoms with van der Waals surface area (Å²) in [7, 11) is 0. The van der Waals surface area contributed by atoms with Gasteiger partial charge in [0.15, 0.2) is 0 Å². The minimum absolute atomic E-state index is 0.0525. The van der Waals surface area contributed by atoms with Crippen LogP contribution in [0.4, 0.5) is 5.69 Å². The summed E-state index contributed by atoms with van der Waals surface area (Å²) in [4.78, 5) is 10.1. The van der Waals surface area contributed by atoms with Gasteiger partial charge in [0.25, 0.3) is 5.69 Å². The second-order valence-electron chi connectivity index (χ2n) is 4.47. The van der Waals surface area contributed by atoms with Crippen molar-refractivity contribution in [2.75, 3.05) is 0 Å². The average Bonchev–Trinajstić information content (AvgIpc) is 2.52. The van der Waals surface area contributed by atoms with Crippen LogP contribution in [0.2, 0.25) is 0 Å². The Bertz CT molecular complexity index is 645. The maximum Gasteiger partial charge on any atom is 0.269 e. The summed E-state index contributed by atoms with van der Waals surface area (Å²) in [6.45, 7) is 0. The third-order valence-electron chi connectivity index (χ3n) is 2.88. The number of rotatable bonds is 5. The van der Waals surface area contributed by atoms with Crippen molar-refractivity contribution in [1.29, 1.82) is 0 Å². The molecule has 4 heteroatoms. The number of nitro groups is 1. The van der Waals surface area contributed by atoms with Crippen LogP contribution in [0.15, 0.2) is 66.7 Å². The summed E-state index contributed by atoms with van der Waals surface area (Å²) in [5, 5.41) is 20.4. The smallest absolute Gasteiger partial charge is 0.269 e. The van der Waals surface area contributed by atoms with Gasteiger partial charge in [-0.25, -0.2) is 0 Å². The molecule has 0 radical (unpaired) electrons. The van der Waals surface area contributed by atoms with Crippen LogP contribution in [-0.4, -0.2) is 16.1 Å². The quantitative estimate of drug-likeness (QED) is 0.671. The molecule has 21 heavy (non-hydrogen) atoms. The third-order valence-corrected chi connectivity index (χ3v) is 2.88. The molecule has 0 aliphatic carbocycles. The topological polar surface area (TPSA) is 63.4 Å². The molecule has 1 atom stereocenters. The largest absolute Gasteiger partial charge is 0.385 e. The summed E-state index contributed by atoms with van der Waals surface area (Å²) in [5.41, 5.74) is 1.87. The second kappa shape index (κ2) is 7.17. The molecule has 2 aromatic carbocycles. The minimum Gasteiger partial charge on any atom is -0.385 e. The fraction of sp³-hybridized carbons (Fsp3) is 0.0588. The first kappa shape index (κ1) is 14.7. The zero-order valence-corrected chi connectivity index (χ0v) is 11.3. The fourth-order valence-electron chi connectivity index (χ4n) is 1.75. The molecule has 4 nitrogen and oxygen atoms in total. The lowest BCUT2D eigenvalue weighted by molar-refractivity contribution is -0.384. The summed E-state index contributed by atoms with van der Waals surface area (Å²) in [6, 6.07) is 15.8. The number of nitrogens with zero attached hydrogens (tertiary/aromatic N) is 1. The van der Waals surface area contributed by atoms with Crippen molar-refractivity contribution in [1.82, 2.24) is 0 Å². The van der Waals surface area contributed by atoms with E-state index in [0.29, 0.717) is 0 Å². The highest BCUT2D eigenvalue weighted by molar-refractivity contribution is 5.54. The van der Waals surface area contributed by atoms with E-state index in [9.17, 15) is 15.2 Å². The van der Waals surface area contributed by atoms with Crippen molar-refractivity contribution in [3.8, 4) is 0 Å². The Balaban J connectivity index is 1.97. The zero-order chi connectivity index (χ0) is 15.1. The van der Waals surface area contributed by atoms with Gasteiger partial charge in [-0.1, -0.05) is 54.6 Å². The van der Waals surface area contributed by atoms with Gasteiger partial charge in [0.05, 0.1) is 11.0 Å². The van der Waals surface area contributed by atoms with E-state index in [-0.39, 0.29) is 5.69 Å². The lowest BCUT2D eigenvalue weighted by Gasteiger charge is -1.98. The van der Waals surface area contributed by atoms with E-state index in [4.69, 9.17) is 0 Å². The zero-order valence-electron chi connectivity index (χ0n) is 11.3. The van der Waals surface area contributed by atoms with Gasteiger partial charge < -0.3 is 5.11 Å². The van der Waals surface area contributed by atoms with Gasteiger partial charge in [-0.3, -0.25) is 10.1 Å². The van der Waals surface area contributed by atoms with Crippen molar-refractivity contribution >= 4 is 17.8 Å². The SMILES string of the molecule is O=[N+]([O-])c1ccc(/C=C/C(O)/C=C/c2ccccc2)cc1. The Morgan fingerprint density at radius 3 is 1.95 bits per heavy atom. The number of benzene rings is 2. The van der Waals surface area contributed by atoms with Gasteiger partial charge in [-0.05, 0) is 23.3 Å². The number of aliphatic hydroxyl groups excluding tert-OH is 1. The molecule has 0 bridgehead atoms. The number of aliphatic hydroxyl groups is 1. The van der Waals surface area contributed by atoms with E-state index in [1.807, 2.05) is 36.4 Å². The van der Waals surface area contributed by atoms with E-state index >= 15 is 0 Å². The second-order valence-corrected chi connectivity index (χ2v) is 4.47. The maximum absolute atomic E-state index is 10.5. The Morgan fingerprint density at radius 1 is 0.905 bits per heavy atom. The minimum atomic E-state index is -0.708. The molecule has 106 valence electrons. The molecule has 0 aromatic heterocycles. The summed E-state index contributed by atoms with van der Waals surface area (Å²) < 4.78 is 0. The lowest BCUT2D eigenvalue weighted by Crippen LogP contribution is -1.95. The molecule has 0 aliphatic rings. The number of non-ortho nitro benzene ring substituents is 1. The number of hydrogen-bond acceptors (Lipinski definition) is 3. The first-order valence-corrected chi connectivity index (χ1v) is 6.49. The monoisotopic (exact) mass is 281 g/mol. The highest BCUT2D eigenvalue weighted by atomic mass is 16.6. The predicted molar refractivity (Wildman–Crippen MR) is 83.6 cm³/mol. The molecule has 0 heterocycles. The predicted octanol–water partition coefficient (Wildman–Crippen LogP) is 3.68. The van der Waals surface area contributed by atoms with Gasteiger partial charge in [0, 0.05) is 12.1 Å². The van der Waals surface area contributed by atoms with Crippen molar-refractivity contribution in [2.45, 2.75) is 6.10 Å². The molecular formula is C17H15NO3. The maximum atomic E-state index is 10.5. The molecule has 0 fully saturated rings. The summed E-state index contributed by atoms with van der Waals surface area (Å²) in [5.74, 6) is 0. The van der Waals surface area contributed by atoms with Gasteiger partial charge in [0.1, 0.15) is 0 Å². The van der Waals surface area contributed by atoms with Crippen molar-refractivity contribution < 1.29 is 10.0 Å². The highest BCUT2D eigenvalue weighted by Crippen LogP contribution is 2.13. The van der Waals surface area contributed by atoms with Gasteiger partial charge >= 0.3 is 0 Å². The molecule has 0 saturated heterocycles. The first-order chi connectivity index (χ1) is 10.1. The van der Waals surface area contributed by atoms with E-state index in [1.54, 1.807) is 30.4 Å². The Morgan fingerprint density at radius 2 is 1.43 bits per heavy atom. The Kier molecular flexibility index (Phi) is 5.01. The van der Waals surface area contributed by atoms with Crippen LogP contribution < -0.4 is 0 Å². The van der Waals surface area contributed by atoms with E-state index in [2.05, 4.69) is 0 Å². The van der Waals surface area contributed by atoms with Crippen molar-refractivity contribution in [3.05, 3.63) is 88.0 Å². The summed E-state index contributed by atoms with van der Waals surface area (Å²) >= 11 is 0. The standard InChI is InChI=1S/C17H15NO3/c19-17(12-8-14-4-2-1-3-5-14)13-9-15-6-10-16(11-7-15)18(20)21/h1-13,17,19H/b12-8+,13-9+. The Labute approximate surface area is 122 Å². The highest BCUT2D eigenvalue weighted by Gasteiger charge is 2.02. The van der Waals surface area contributed by atoms with Gasteiger partial charge in [0.2, 0.25) is 0 Å². The molecule has 1 N–H and O–H groups in total. The van der Waals surface area contributed by atoms with Crippen LogP contribution in [0.5, 0.6) is 0 Å². The van der Waals surface area contributed by atoms with Crippen LogP contribution >= 0.6 is 0 Å². The number of hydrogen-bond donors (Lipinski definition) is 1. The molecule has 0 amide bonds. The van der Waals surface area contributed by atoms with Gasteiger partial charge in [-0.2, -0.15) is 0 Å². The van der Waals surface area contributed by atoms with Crippen LogP contribution in [0.1, 0.15) is 11.1 Å². The molecule has 0 saturated carbocycles. The number of nitro benzene ring substituents is 1. The van der Waals surface area contributed by atoms with Gasteiger partial charge in [-0.15, -0.1) is 0 Å². The molecule has 2 aromatic rings. The normalized spacial score (nSPS) is 12.8. The average molecular weight is 281 g/mol. The first-order valence-electron chi connectivity index (χ1n) is 6.49.